The van der Waals surface area contributed by atoms with Crippen molar-refractivity contribution < 1.29 is 14.4 Å². The van der Waals surface area contributed by atoms with E-state index >= 15 is 0 Å². The number of fused-ring (bicyclic) bond motifs is 2. The second kappa shape index (κ2) is 5.34. The van der Waals surface area contributed by atoms with Crippen molar-refractivity contribution in [3.8, 4) is 0 Å². The molecule has 0 fully saturated rings. The summed E-state index contributed by atoms with van der Waals surface area (Å²) in [7, 11) is 1.65. The molecule has 0 aliphatic carbocycles. The van der Waals surface area contributed by atoms with E-state index in [1.807, 2.05) is 6.07 Å². The third-order valence-corrected chi connectivity index (χ3v) is 5.33. The van der Waals surface area contributed by atoms with E-state index in [0.717, 1.165) is 21.2 Å². The van der Waals surface area contributed by atoms with E-state index in [1.165, 1.54) is 18.7 Å². The Morgan fingerprint density at radius 3 is 2.65 bits per heavy atom. The maximum atomic E-state index is 13.0. The number of carbonyl (C=O) groups is 3. The summed E-state index contributed by atoms with van der Waals surface area (Å²) in [5.74, 6) is -0.979. The van der Waals surface area contributed by atoms with Crippen molar-refractivity contribution in [2.24, 2.45) is 5.10 Å². The number of hydrogen-bond donors (Lipinski definition) is 1. The molecule has 0 aromatic heterocycles. The highest BCUT2D eigenvalue weighted by Crippen LogP contribution is 2.54. The summed E-state index contributed by atoms with van der Waals surface area (Å²) >= 11 is 4.46. The Morgan fingerprint density at radius 2 is 2.04 bits per heavy atom. The summed E-state index contributed by atoms with van der Waals surface area (Å²) < 4.78 is 0.788. The van der Waals surface area contributed by atoms with E-state index in [9.17, 15) is 14.4 Å². The fourth-order valence-electron chi connectivity index (χ4n) is 2.69. The summed E-state index contributed by atoms with van der Waals surface area (Å²) in [4.78, 5) is 36.5. The number of nitrogens with one attached hydrogen (secondary N) is 1. The normalized spacial score (nSPS) is 22.4. The van der Waals surface area contributed by atoms with Crippen LogP contribution in [0.2, 0.25) is 0 Å². The number of amides is 3. The fraction of sp³-hybridized carbons (Fsp3) is 0.286. The molecule has 120 valence electrons. The van der Waals surface area contributed by atoms with Crippen LogP contribution in [0.4, 0.5) is 5.69 Å². The molecule has 1 atom stereocenters. The van der Waals surface area contributed by atoms with E-state index in [0.29, 0.717) is 11.3 Å². The lowest BCUT2D eigenvalue weighted by molar-refractivity contribution is -0.139. The van der Waals surface area contributed by atoms with Crippen LogP contribution in [0.25, 0.3) is 0 Å². The standard InChI is InChI=1S/C14H13BrN4O3S/c1-7(20)16-13-17-19(8(2)21)14(23-13)10-6-9(15)4-5-11(10)18(3)12(14)22/h4-6H,1-3H3,(H,16,17,20)/t14-/m0/s1. The minimum atomic E-state index is -1.32. The van der Waals surface area contributed by atoms with E-state index in [4.69, 9.17) is 0 Å². The highest BCUT2D eigenvalue weighted by atomic mass is 79.9. The monoisotopic (exact) mass is 396 g/mol. The van der Waals surface area contributed by atoms with Crippen LogP contribution in [0, 0.1) is 0 Å². The smallest absolute Gasteiger partial charge is 0.270 e. The number of benzene rings is 1. The Kier molecular flexibility index (Phi) is 3.72. The number of nitrogens with zero attached hydrogens (tertiary/aromatic N) is 3. The number of thioether (sulfide) groups is 1. The van der Waals surface area contributed by atoms with Gasteiger partial charge in [0.15, 0.2) is 5.17 Å². The van der Waals surface area contributed by atoms with Gasteiger partial charge in [-0.05, 0) is 30.0 Å². The minimum Gasteiger partial charge on any atom is -0.312 e. The first kappa shape index (κ1) is 16.0. The number of likely N-dealkylation sites (N-methyl/N-ethyl adjacent to an activating group) is 1. The van der Waals surface area contributed by atoms with Gasteiger partial charge in [-0.2, -0.15) is 5.01 Å². The quantitative estimate of drug-likeness (QED) is 0.721. The van der Waals surface area contributed by atoms with Crippen molar-refractivity contribution in [3.63, 3.8) is 0 Å². The number of rotatable bonds is 0. The van der Waals surface area contributed by atoms with Crippen LogP contribution in [0.3, 0.4) is 0 Å². The summed E-state index contributed by atoms with van der Waals surface area (Å²) in [5.41, 5.74) is 1.36. The Morgan fingerprint density at radius 1 is 1.35 bits per heavy atom. The van der Waals surface area contributed by atoms with Crippen LogP contribution in [0.1, 0.15) is 19.4 Å². The lowest BCUT2D eigenvalue weighted by Crippen LogP contribution is -2.47. The van der Waals surface area contributed by atoms with Gasteiger partial charge in [-0.1, -0.05) is 15.9 Å². The second-order valence-electron chi connectivity index (χ2n) is 5.19. The molecule has 0 radical (unpaired) electrons. The number of hydrogen-bond acceptors (Lipinski definition) is 5. The number of hydrazone groups is 1. The molecule has 1 aromatic carbocycles. The molecule has 3 amide bonds. The third kappa shape index (κ3) is 2.26. The molecular weight excluding hydrogens is 384 g/mol. The predicted molar refractivity (Wildman–Crippen MR) is 90.6 cm³/mol. The molecular formula is C14H13BrN4O3S. The Labute approximate surface area is 145 Å². The maximum Gasteiger partial charge on any atom is 0.270 e. The lowest BCUT2D eigenvalue weighted by atomic mass is 10.1. The summed E-state index contributed by atoms with van der Waals surface area (Å²) in [6.07, 6.45) is 0. The van der Waals surface area contributed by atoms with Crippen LogP contribution in [0.5, 0.6) is 0 Å². The van der Waals surface area contributed by atoms with Gasteiger partial charge in [-0.3, -0.25) is 14.4 Å². The summed E-state index contributed by atoms with van der Waals surface area (Å²) in [6.45, 7) is 2.69. The third-order valence-electron chi connectivity index (χ3n) is 3.59. The van der Waals surface area contributed by atoms with Gasteiger partial charge in [0, 0.05) is 30.9 Å². The van der Waals surface area contributed by atoms with Gasteiger partial charge in [-0.15, -0.1) is 5.10 Å². The molecule has 2 aliphatic rings. The number of carbonyl (C=O) groups excluding carboxylic acids is 3. The molecule has 7 nitrogen and oxygen atoms in total. The van der Waals surface area contributed by atoms with Crippen LogP contribution in [0.15, 0.2) is 27.8 Å². The molecule has 23 heavy (non-hydrogen) atoms. The van der Waals surface area contributed by atoms with Crippen molar-refractivity contribution in [1.29, 1.82) is 0 Å². The molecule has 0 saturated heterocycles. The number of amidine groups is 1. The number of anilines is 1. The van der Waals surface area contributed by atoms with Gasteiger partial charge in [-0.25, -0.2) is 0 Å². The molecule has 9 heteroatoms. The van der Waals surface area contributed by atoms with Gasteiger partial charge < -0.3 is 10.2 Å². The topological polar surface area (TPSA) is 82.1 Å². The molecule has 3 rings (SSSR count). The van der Waals surface area contributed by atoms with Gasteiger partial charge in [0.1, 0.15) is 0 Å². The highest BCUT2D eigenvalue weighted by Gasteiger charge is 2.60. The number of halogens is 1. The summed E-state index contributed by atoms with van der Waals surface area (Å²) in [6, 6.07) is 5.43. The second-order valence-corrected chi connectivity index (χ2v) is 7.29. The fourth-order valence-corrected chi connectivity index (χ4v) is 4.40. The van der Waals surface area contributed by atoms with Crippen LogP contribution >= 0.6 is 27.7 Å². The molecule has 0 saturated carbocycles. The molecule has 1 aromatic rings. The largest absolute Gasteiger partial charge is 0.312 e. The minimum absolute atomic E-state index is 0.224. The zero-order valence-corrected chi connectivity index (χ0v) is 15.0. The Balaban J connectivity index is 2.18. The van der Waals surface area contributed by atoms with E-state index in [2.05, 4.69) is 26.3 Å². The molecule has 0 bridgehead atoms. The first-order valence-electron chi connectivity index (χ1n) is 6.71. The van der Waals surface area contributed by atoms with E-state index in [-0.39, 0.29) is 22.9 Å². The molecule has 1 N–H and O–H groups in total. The Bertz CT molecular complexity index is 781. The van der Waals surface area contributed by atoms with Crippen molar-refractivity contribution >= 4 is 56.3 Å². The van der Waals surface area contributed by atoms with Gasteiger partial charge in [0.25, 0.3) is 5.91 Å². The zero-order valence-electron chi connectivity index (χ0n) is 12.6. The maximum absolute atomic E-state index is 13.0. The molecule has 2 heterocycles. The average molecular weight is 397 g/mol. The van der Waals surface area contributed by atoms with Gasteiger partial charge >= 0.3 is 0 Å². The lowest BCUT2D eigenvalue weighted by Gasteiger charge is -2.29. The van der Waals surface area contributed by atoms with Crippen LogP contribution in [-0.2, 0) is 19.3 Å². The zero-order chi connectivity index (χ0) is 16.9. The van der Waals surface area contributed by atoms with Gasteiger partial charge in [0.05, 0.1) is 5.69 Å². The van der Waals surface area contributed by atoms with Crippen molar-refractivity contribution in [1.82, 2.24) is 10.3 Å². The SMILES string of the molecule is CC(=O)NC1=NN(C(C)=O)[C@@]2(S1)C(=O)N(C)c1ccc(Br)cc12. The van der Waals surface area contributed by atoms with E-state index in [1.54, 1.807) is 19.2 Å². The van der Waals surface area contributed by atoms with Crippen LogP contribution < -0.4 is 10.2 Å². The molecule has 2 aliphatic heterocycles. The average Bonchev–Trinajstić information content (AvgIpc) is 2.93. The van der Waals surface area contributed by atoms with Crippen molar-refractivity contribution in [2.45, 2.75) is 18.7 Å². The molecule has 1 spiro atoms. The van der Waals surface area contributed by atoms with Gasteiger partial charge in [0.2, 0.25) is 16.7 Å². The Hall–Kier alpha value is -1.87. The van der Waals surface area contributed by atoms with Crippen molar-refractivity contribution in [3.05, 3.63) is 28.2 Å². The predicted octanol–water partition coefficient (Wildman–Crippen LogP) is 1.58. The van der Waals surface area contributed by atoms with Crippen LogP contribution in [-0.4, -0.2) is 34.9 Å². The summed E-state index contributed by atoms with van der Waals surface area (Å²) in [5, 5.41) is 8.06. The highest BCUT2D eigenvalue weighted by molar-refractivity contribution is 9.10. The first-order chi connectivity index (χ1) is 10.8. The molecule has 0 unspecified atom stereocenters. The van der Waals surface area contributed by atoms with E-state index < -0.39 is 4.87 Å². The van der Waals surface area contributed by atoms with Crippen molar-refractivity contribution in [2.75, 3.05) is 11.9 Å². The first-order valence-corrected chi connectivity index (χ1v) is 8.32.